The Morgan fingerprint density at radius 2 is 1.94 bits per heavy atom. The van der Waals surface area contributed by atoms with Gasteiger partial charge in [-0.25, -0.2) is 18.7 Å². The number of nitrogens with zero attached hydrogens (tertiary/aromatic N) is 3. The zero-order valence-electron chi connectivity index (χ0n) is 20.7. The molecule has 4 aromatic rings. The van der Waals surface area contributed by atoms with Crippen LogP contribution < -0.4 is 5.32 Å². The maximum absolute atomic E-state index is 13.6. The minimum Gasteiger partial charge on any atom is -0.366 e. The average molecular weight is 510 g/mol. The first kappa shape index (κ1) is 24.7. The molecular weight excluding hydrogens is 480 g/mol. The SMILES string of the molecule is CC(C)(C)N1CCCC(c2cc3c(-c4nc(NCc5ccc(F)c(F)c5)ccc4Cl)ccnc3[nH]2)C1. The number of aromatic nitrogens is 3. The quantitative estimate of drug-likeness (QED) is 0.300. The Labute approximate surface area is 214 Å². The summed E-state index contributed by atoms with van der Waals surface area (Å²) < 4.78 is 26.8. The van der Waals surface area contributed by atoms with Crippen LogP contribution >= 0.6 is 11.6 Å². The number of benzene rings is 1. The second-order valence-corrected chi connectivity index (χ2v) is 10.8. The molecule has 1 aromatic carbocycles. The lowest BCUT2D eigenvalue weighted by Gasteiger charge is -2.41. The zero-order valence-corrected chi connectivity index (χ0v) is 21.5. The van der Waals surface area contributed by atoms with Gasteiger partial charge in [0.25, 0.3) is 0 Å². The summed E-state index contributed by atoms with van der Waals surface area (Å²) in [7, 11) is 0. The van der Waals surface area contributed by atoms with Crippen LogP contribution in [0.25, 0.3) is 22.3 Å². The largest absolute Gasteiger partial charge is 0.366 e. The number of hydrogen-bond acceptors (Lipinski definition) is 4. The standard InChI is InChI=1S/C28H30ClF2N5/c1-28(2,3)36-12-4-5-18(16-36)24-14-20-19(10-11-32-27(20)34-24)26-21(29)7-9-25(35-26)33-15-17-6-8-22(30)23(31)13-17/h6-11,13-14,18H,4-5,12,15-16H2,1-3H3,(H,32,34)(H,33,35). The van der Waals surface area contributed by atoms with Gasteiger partial charge in [-0.3, -0.25) is 4.90 Å². The smallest absolute Gasteiger partial charge is 0.159 e. The van der Waals surface area contributed by atoms with Crippen molar-refractivity contribution in [2.75, 3.05) is 18.4 Å². The Balaban J connectivity index is 1.43. The number of hydrogen-bond donors (Lipinski definition) is 2. The van der Waals surface area contributed by atoms with Crippen molar-refractivity contribution in [2.24, 2.45) is 0 Å². The van der Waals surface area contributed by atoms with Crippen LogP contribution in [0, 0.1) is 11.6 Å². The number of halogens is 3. The van der Waals surface area contributed by atoms with Crippen LogP contribution in [0.2, 0.25) is 5.02 Å². The number of fused-ring (bicyclic) bond motifs is 1. The van der Waals surface area contributed by atoms with E-state index in [4.69, 9.17) is 16.6 Å². The van der Waals surface area contributed by atoms with Crippen LogP contribution in [0.4, 0.5) is 14.6 Å². The van der Waals surface area contributed by atoms with E-state index >= 15 is 0 Å². The first-order chi connectivity index (χ1) is 17.2. The molecule has 0 saturated carbocycles. The van der Waals surface area contributed by atoms with E-state index in [0.717, 1.165) is 48.6 Å². The summed E-state index contributed by atoms with van der Waals surface area (Å²) in [4.78, 5) is 15.4. The van der Waals surface area contributed by atoms with Crippen LogP contribution in [0.5, 0.6) is 0 Å². The number of H-pyrrole nitrogens is 1. The van der Waals surface area contributed by atoms with Crippen LogP contribution in [-0.4, -0.2) is 38.5 Å². The third kappa shape index (κ3) is 5.08. The van der Waals surface area contributed by atoms with E-state index in [-0.39, 0.29) is 5.54 Å². The highest BCUT2D eigenvalue weighted by atomic mass is 35.5. The highest BCUT2D eigenvalue weighted by molar-refractivity contribution is 6.33. The number of aromatic amines is 1. The van der Waals surface area contributed by atoms with Gasteiger partial charge in [0.1, 0.15) is 11.5 Å². The van der Waals surface area contributed by atoms with Gasteiger partial charge in [0.15, 0.2) is 11.6 Å². The maximum atomic E-state index is 13.6. The molecule has 3 aromatic heterocycles. The van der Waals surface area contributed by atoms with Gasteiger partial charge in [-0.2, -0.15) is 0 Å². The number of likely N-dealkylation sites (tertiary alicyclic amines) is 1. The molecule has 0 bridgehead atoms. The lowest BCUT2D eigenvalue weighted by atomic mass is 9.91. The Morgan fingerprint density at radius 1 is 1.11 bits per heavy atom. The predicted octanol–water partition coefficient (Wildman–Crippen LogP) is 7.15. The van der Waals surface area contributed by atoms with Crippen molar-refractivity contribution in [3.63, 3.8) is 0 Å². The Morgan fingerprint density at radius 3 is 2.72 bits per heavy atom. The molecule has 0 aliphatic carbocycles. The summed E-state index contributed by atoms with van der Waals surface area (Å²) in [5, 5.41) is 4.69. The molecule has 1 unspecified atom stereocenters. The van der Waals surface area contributed by atoms with Crippen LogP contribution in [-0.2, 0) is 6.54 Å². The normalized spacial score (nSPS) is 17.0. The third-order valence-corrected chi connectivity index (χ3v) is 7.23. The predicted molar refractivity (Wildman–Crippen MR) is 141 cm³/mol. The van der Waals surface area contributed by atoms with E-state index in [1.165, 1.54) is 11.8 Å². The monoisotopic (exact) mass is 509 g/mol. The first-order valence-corrected chi connectivity index (χ1v) is 12.6. The molecule has 5 nitrogen and oxygen atoms in total. The molecule has 36 heavy (non-hydrogen) atoms. The molecule has 1 saturated heterocycles. The minimum absolute atomic E-state index is 0.138. The van der Waals surface area contributed by atoms with Crippen molar-refractivity contribution in [2.45, 2.75) is 51.6 Å². The van der Waals surface area contributed by atoms with E-state index in [0.29, 0.717) is 34.6 Å². The molecule has 1 fully saturated rings. The van der Waals surface area contributed by atoms with Gasteiger partial charge in [-0.15, -0.1) is 0 Å². The molecule has 0 radical (unpaired) electrons. The molecule has 1 aliphatic heterocycles. The molecule has 0 amide bonds. The van der Waals surface area contributed by atoms with Crippen molar-refractivity contribution in [3.8, 4) is 11.3 Å². The van der Waals surface area contributed by atoms with E-state index < -0.39 is 11.6 Å². The molecule has 1 atom stereocenters. The van der Waals surface area contributed by atoms with Gasteiger partial charge in [-0.1, -0.05) is 17.7 Å². The fourth-order valence-electron chi connectivity index (χ4n) is 4.89. The summed E-state index contributed by atoms with van der Waals surface area (Å²) in [5.41, 5.74) is 4.29. The molecule has 5 rings (SSSR count). The third-order valence-electron chi connectivity index (χ3n) is 6.92. The highest BCUT2D eigenvalue weighted by Gasteiger charge is 2.29. The van der Waals surface area contributed by atoms with Gasteiger partial charge in [-0.05, 0) is 82.1 Å². The molecule has 188 valence electrons. The van der Waals surface area contributed by atoms with E-state index in [9.17, 15) is 8.78 Å². The van der Waals surface area contributed by atoms with Gasteiger partial charge < -0.3 is 10.3 Å². The van der Waals surface area contributed by atoms with E-state index in [2.05, 4.69) is 47.0 Å². The molecule has 8 heteroatoms. The molecular formula is C28H30ClF2N5. The van der Waals surface area contributed by atoms with Crippen LogP contribution in [0.15, 0.2) is 48.7 Å². The molecule has 1 aliphatic rings. The van der Waals surface area contributed by atoms with Gasteiger partial charge in [0.2, 0.25) is 0 Å². The maximum Gasteiger partial charge on any atom is 0.159 e. The fourth-order valence-corrected chi connectivity index (χ4v) is 5.09. The summed E-state index contributed by atoms with van der Waals surface area (Å²) in [6.45, 7) is 9.23. The Kier molecular flexibility index (Phi) is 6.70. The molecule has 2 N–H and O–H groups in total. The van der Waals surface area contributed by atoms with Crippen LogP contribution in [0.1, 0.15) is 50.8 Å². The second-order valence-electron chi connectivity index (χ2n) is 10.4. The molecule has 4 heterocycles. The fraction of sp³-hybridized carbons (Fsp3) is 0.357. The van der Waals surface area contributed by atoms with E-state index in [1.54, 1.807) is 24.4 Å². The van der Waals surface area contributed by atoms with Crippen molar-refractivity contribution < 1.29 is 8.78 Å². The van der Waals surface area contributed by atoms with Crippen molar-refractivity contribution in [3.05, 3.63) is 76.6 Å². The minimum atomic E-state index is -0.870. The number of rotatable bonds is 5. The van der Waals surface area contributed by atoms with Crippen molar-refractivity contribution in [1.29, 1.82) is 0 Å². The average Bonchev–Trinajstić information content (AvgIpc) is 3.30. The summed E-state index contributed by atoms with van der Waals surface area (Å²) in [5.74, 6) is -0.733. The first-order valence-electron chi connectivity index (χ1n) is 12.3. The van der Waals surface area contributed by atoms with Gasteiger partial charge in [0, 0.05) is 47.4 Å². The van der Waals surface area contributed by atoms with E-state index in [1.807, 2.05) is 6.07 Å². The Bertz CT molecular complexity index is 1390. The van der Waals surface area contributed by atoms with Gasteiger partial charge in [0.05, 0.1) is 10.7 Å². The number of piperidine rings is 1. The lowest BCUT2D eigenvalue weighted by molar-refractivity contribution is 0.0979. The Hall–Kier alpha value is -3.03. The number of nitrogens with one attached hydrogen (secondary N) is 2. The topological polar surface area (TPSA) is 56.8 Å². The molecule has 0 spiro atoms. The zero-order chi connectivity index (χ0) is 25.4. The van der Waals surface area contributed by atoms with Crippen LogP contribution in [0.3, 0.4) is 0 Å². The van der Waals surface area contributed by atoms with Crippen molar-refractivity contribution >= 4 is 28.5 Å². The number of anilines is 1. The number of pyridine rings is 2. The summed E-state index contributed by atoms with van der Waals surface area (Å²) in [6.07, 6.45) is 4.06. The van der Waals surface area contributed by atoms with Crippen molar-refractivity contribution in [1.82, 2.24) is 19.9 Å². The van der Waals surface area contributed by atoms with Gasteiger partial charge >= 0.3 is 0 Å². The summed E-state index contributed by atoms with van der Waals surface area (Å²) in [6, 6.07) is 11.5. The second kappa shape index (κ2) is 9.79. The summed E-state index contributed by atoms with van der Waals surface area (Å²) >= 11 is 6.59. The lowest BCUT2D eigenvalue weighted by Crippen LogP contribution is -2.46. The highest BCUT2D eigenvalue weighted by Crippen LogP contribution is 2.36.